The van der Waals surface area contributed by atoms with Crippen LogP contribution >= 0.6 is 0 Å². The first-order valence-corrected chi connectivity index (χ1v) is 8.34. The van der Waals surface area contributed by atoms with Crippen LogP contribution in [0.2, 0.25) is 0 Å². The third-order valence-electron chi connectivity index (χ3n) is 4.36. The van der Waals surface area contributed by atoms with E-state index in [1.54, 1.807) is 11.7 Å². The summed E-state index contributed by atoms with van der Waals surface area (Å²) >= 11 is 0. The summed E-state index contributed by atoms with van der Waals surface area (Å²) in [6.45, 7) is 2.12. The van der Waals surface area contributed by atoms with Gasteiger partial charge in [0, 0.05) is 13.0 Å². The summed E-state index contributed by atoms with van der Waals surface area (Å²) in [5.41, 5.74) is 0. The average Bonchev–Trinajstić information content (AvgIpc) is 3.23. The molecule has 2 N–H and O–H groups in total. The molecule has 1 fully saturated rings. The lowest BCUT2D eigenvalue weighted by atomic mass is 9.89. The van der Waals surface area contributed by atoms with Crippen LogP contribution < -0.4 is 10.6 Å². The van der Waals surface area contributed by atoms with Crippen molar-refractivity contribution >= 4 is 6.03 Å². The Bertz CT molecular complexity index is 675. The van der Waals surface area contributed by atoms with Crippen molar-refractivity contribution in [1.29, 1.82) is 0 Å². The smallest absolute Gasteiger partial charge is 0.315 e. The molecule has 2 aromatic rings. The van der Waals surface area contributed by atoms with E-state index in [-0.39, 0.29) is 12.1 Å². The largest absolute Gasteiger partial charge is 0.337 e. The van der Waals surface area contributed by atoms with Gasteiger partial charge in [0.1, 0.15) is 18.2 Å². The molecule has 0 unspecified atom stereocenters. The van der Waals surface area contributed by atoms with E-state index in [1.807, 2.05) is 6.92 Å². The van der Waals surface area contributed by atoms with Crippen LogP contribution in [0.15, 0.2) is 10.9 Å². The second kappa shape index (κ2) is 7.41. The third-order valence-corrected chi connectivity index (χ3v) is 4.36. The van der Waals surface area contributed by atoms with Crippen molar-refractivity contribution in [2.45, 2.75) is 57.5 Å². The zero-order valence-electron chi connectivity index (χ0n) is 14.0. The first-order chi connectivity index (χ1) is 11.6. The van der Waals surface area contributed by atoms with Gasteiger partial charge in [0.05, 0.1) is 6.54 Å². The fourth-order valence-electron chi connectivity index (χ4n) is 2.90. The second-order valence-electron chi connectivity index (χ2n) is 6.17. The molecular weight excluding hydrogens is 310 g/mol. The van der Waals surface area contributed by atoms with Gasteiger partial charge in [0.15, 0.2) is 5.82 Å². The molecule has 2 amide bonds. The van der Waals surface area contributed by atoms with Crippen LogP contribution in [0.25, 0.3) is 0 Å². The number of aryl methyl sites for hydroxylation is 1. The van der Waals surface area contributed by atoms with Crippen LogP contribution in [0.3, 0.4) is 0 Å². The lowest BCUT2D eigenvalue weighted by Crippen LogP contribution is -2.37. The molecule has 3 rings (SSSR count). The highest BCUT2D eigenvalue weighted by molar-refractivity contribution is 5.74. The van der Waals surface area contributed by atoms with E-state index in [0.29, 0.717) is 24.2 Å². The van der Waals surface area contributed by atoms with Gasteiger partial charge in [-0.15, -0.1) is 0 Å². The Morgan fingerprint density at radius 1 is 1.42 bits per heavy atom. The molecule has 0 aliphatic heterocycles. The molecule has 0 radical (unpaired) electrons. The lowest BCUT2D eigenvalue weighted by molar-refractivity contribution is 0.233. The standard InChI is InChI=1S/C15H23N7O2/c1-10(19-15(23)16-8-12-17-9-18-22(12)2)14-20-13(21-24-14)11-6-4-3-5-7-11/h9-11H,3-8H2,1-2H3,(H2,16,19,23)/t10-/m0/s1. The van der Waals surface area contributed by atoms with Crippen molar-refractivity contribution in [2.24, 2.45) is 7.05 Å². The molecule has 0 bridgehead atoms. The SMILES string of the molecule is C[C@H](NC(=O)NCc1ncnn1C)c1nc(C2CCCCC2)no1. The Kier molecular flexibility index (Phi) is 5.07. The Hall–Kier alpha value is -2.45. The van der Waals surface area contributed by atoms with E-state index in [1.165, 1.54) is 25.6 Å². The predicted octanol–water partition coefficient (Wildman–Crippen LogP) is 1.81. The van der Waals surface area contributed by atoms with Crippen molar-refractivity contribution in [3.05, 3.63) is 23.9 Å². The molecule has 24 heavy (non-hydrogen) atoms. The minimum atomic E-state index is -0.352. The van der Waals surface area contributed by atoms with E-state index in [9.17, 15) is 4.79 Å². The highest BCUT2D eigenvalue weighted by atomic mass is 16.5. The highest BCUT2D eigenvalue weighted by Gasteiger charge is 2.23. The number of hydrogen-bond donors (Lipinski definition) is 2. The molecule has 2 heterocycles. The van der Waals surface area contributed by atoms with Gasteiger partial charge >= 0.3 is 6.03 Å². The van der Waals surface area contributed by atoms with E-state index >= 15 is 0 Å². The van der Waals surface area contributed by atoms with E-state index in [0.717, 1.165) is 18.7 Å². The zero-order chi connectivity index (χ0) is 16.9. The number of carbonyl (C=O) groups is 1. The van der Waals surface area contributed by atoms with Crippen molar-refractivity contribution in [3.63, 3.8) is 0 Å². The number of amides is 2. The molecule has 130 valence electrons. The monoisotopic (exact) mass is 333 g/mol. The van der Waals surface area contributed by atoms with Crippen molar-refractivity contribution in [2.75, 3.05) is 0 Å². The lowest BCUT2D eigenvalue weighted by Gasteiger charge is -2.17. The molecule has 0 spiro atoms. The molecule has 0 saturated heterocycles. The summed E-state index contributed by atoms with van der Waals surface area (Å²) in [5, 5.41) is 13.6. The van der Waals surface area contributed by atoms with Gasteiger partial charge in [-0.1, -0.05) is 24.4 Å². The first kappa shape index (κ1) is 16.4. The van der Waals surface area contributed by atoms with Gasteiger partial charge in [-0.05, 0) is 19.8 Å². The minimum Gasteiger partial charge on any atom is -0.337 e. The number of nitrogens with one attached hydrogen (secondary N) is 2. The Labute approximate surface area is 140 Å². The summed E-state index contributed by atoms with van der Waals surface area (Å²) in [6, 6.07) is -0.669. The topological polar surface area (TPSA) is 111 Å². The maximum Gasteiger partial charge on any atom is 0.315 e. The Balaban J connectivity index is 1.50. The molecule has 9 nitrogen and oxygen atoms in total. The molecule has 1 aliphatic carbocycles. The van der Waals surface area contributed by atoms with Crippen molar-refractivity contribution < 1.29 is 9.32 Å². The van der Waals surface area contributed by atoms with Gasteiger partial charge in [-0.3, -0.25) is 4.68 Å². The van der Waals surface area contributed by atoms with Gasteiger partial charge < -0.3 is 15.2 Å². The van der Waals surface area contributed by atoms with Gasteiger partial charge in [0.25, 0.3) is 0 Å². The fraction of sp³-hybridized carbons (Fsp3) is 0.667. The van der Waals surface area contributed by atoms with E-state index in [2.05, 4.69) is 30.9 Å². The summed E-state index contributed by atoms with van der Waals surface area (Å²) < 4.78 is 6.93. The summed E-state index contributed by atoms with van der Waals surface area (Å²) in [4.78, 5) is 20.5. The maximum absolute atomic E-state index is 12.0. The van der Waals surface area contributed by atoms with Crippen LogP contribution in [-0.4, -0.2) is 30.9 Å². The van der Waals surface area contributed by atoms with Gasteiger partial charge in [-0.25, -0.2) is 9.78 Å². The van der Waals surface area contributed by atoms with Crippen molar-refractivity contribution in [3.8, 4) is 0 Å². The minimum absolute atomic E-state index is 0.298. The first-order valence-electron chi connectivity index (χ1n) is 8.34. The number of nitrogens with zero attached hydrogens (tertiary/aromatic N) is 5. The quantitative estimate of drug-likeness (QED) is 0.863. The Morgan fingerprint density at radius 2 is 2.21 bits per heavy atom. The normalized spacial score (nSPS) is 16.8. The highest BCUT2D eigenvalue weighted by Crippen LogP contribution is 2.31. The second-order valence-corrected chi connectivity index (χ2v) is 6.17. The molecule has 1 saturated carbocycles. The van der Waals surface area contributed by atoms with Gasteiger partial charge in [-0.2, -0.15) is 10.1 Å². The molecule has 2 aromatic heterocycles. The number of hydrogen-bond acceptors (Lipinski definition) is 6. The third kappa shape index (κ3) is 3.90. The van der Waals surface area contributed by atoms with Crippen LogP contribution in [0.5, 0.6) is 0 Å². The molecule has 1 aliphatic rings. The fourth-order valence-corrected chi connectivity index (χ4v) is 2.90. The number of urea groups is 1. The van der Waals surface area contributed by atoms with E-state index < -0.39 is 0 Å². The van der Waals surface area contributed by atoms with E-state index in [4.69, 9.17) is 4.52 Å². The van der Waals surface area contributed by atoms with Crippen LogP contribution in [0, 0.1) is 0 Å². The maximum atomic E-state index is 12.0. The predicted molar refractivity (Wildman–Crippen MR) is 84.9 cm³/mol. The Morgan fingerprint density at radius 3 is 2.92 bits per heavy atom. The molecular formula is C15H23N7O2. The summed E-state index contributed by atoms with van der Waals surface area (Å²) in [5.74, 6) is 2.26. The number of aromatic nitrogens is 5. The number of rotatable bonds is 5. The van der Waals surface area contributed by atoms with Crippen molar-refractivity contribution in [1.82, 2.24) is 35.5 Å². The van der Waals surface area contributed by atoms with Crippen LogP contribution in [0.4, 0.5) is 4.79 Å². The molecule has 9 heteroatoms. The average molecular weight is 333 g/mol. The molecule has 1 atom stereocenters. The van der Waals surface area contributed by atoms with Crippen LogP contribution in [-0.2, 0) is 13.6 Å². The summed E-state index contributed by atoms with van der Waals surface area (Å²) in [7, 11) is 1.77. The van der Waals surface area contributed by atoms with Crippen LogP contribution in [0.1, 0.15) is 68.5 Å². The zero-order valence-corrected chi connectivity index (χ0v) is 14.0. The summed E-state index contributed by atoms with van der Waals surface area (Å²) in [6.07, 6.45) is 7.38. The number of carbonyl (C=O) groups excluding carboxylic acids is 1. The van der Waals surface area contributed by atoms with Gasteiger partial charge in [0.2, 0.25) is 5.89 Å². The molecule has 0 aromatic carbocycles.